The van der Waals surface area contributed by atoms with Gasteiger partial charge in [0.1, 0.15) is 11.8 Å². The van der Waals surface area contributed by atoms with Gasteiger partial charge in [0.15, 0.2) is 0 Å². The van der Waals surface area contributed by atoms with Crippen LogP contribution in [-0.4, -0.2) is 30.0 Å². The van der Waals surface area contributed by atoms with Gasteiger partial charge >= 0.3 is 0 Å². The van der Waals surface area contributed by atoms with Gasteiger partial charge in [-0.3, -0.25) is 4.79 Å². The summed E-state index contributed by atoms with van der Waals surface area (Å²) in [5.74, 6) is 0.803. The van der Waals surface area contributed by atoms with E-state index in [1.165, 1.54) is 0 Å². The number of benzene rings is 1. The van der Waals surface area contributed by atoms with Gasteiger partial charge < -0.3 is 9.64 Å². The van der Waals surface area contributed by atoms with E-state index < -0.39 is 0 Å². The maximum absolute atomic E-state index is 12.1. The van der Waals surface area contributed by atoms with Crippen LogP contribution in [-0.2, 0) is 4.79 Å². The minimum Gasteiger partial charge on any atom is -0.493 e. The van der Waals surface area contributed by atoms with Crippen LogP contribution in [0.3, 0.4) is 0 Å². The van der Waals surface area contributed by atoms with Gasteiger partial charge in [-0.25, -0.2) is 0 Å². The molecule has 0 saturated carbocycles. The first-order chi connectivity index (χ1) is 9.70. The number of piperidine rings is 1. The fourth-order valence-corrected chi connectivity index (χ4v) is 2.47. The second-order valence-electron chi connectivity index (χ2n) is 5.14. The van der Waals surface area contributed by atoms with Crippen LogP contribution in [0.4, 0.5) is 0 Å². The van der Waals surface area contributed by atoms with Crippen LogP contribution in [0.2, 0.25) is 0 Å². The lowest BCUT2D eigenvalue weighted by Gasteiger charge is -2.31. The van der Waals surface area contributed by atoms with Crippen LogP contribution in [0.15, 0.2) is 24.3 Å². The third-order valence-corrected chi connectivity index (χ3v) is 3.55. The number of nitriles is 1. The van der Waals surface area contributed by atoms with E-state index in [0.29, 0.717) is 19.6 Å². The van der Waals surface area contributed by atoms with E-state index in [9.17, 15) is 4.79 Å². The minimum absolute atomic E-state index is 0.0175. The predicted octanol–water partition coefficient (Wildman–Crippen LogP) is 2.67. The molecule has 4 heteroatoms. The Morgan fingerprint density at radius 3 is 3.10 bits per heavy atom. The van der Waals surface area contributed by atoms with Gasteiger partial charge in [-0.2, -0.15) is 5.26 Å². The molecule has 0 N–H and O–H groups in total. The van der Waals surface area contributed by atoms with Gasteiger partial charge in [-0.15, -0.1) is 0 Å². The van der Waals surface area contributed by atoms with Crippen LogP contribution >= 0.6 is 0 Å². The second-order valence-corrected chi connectivity index (χ2v) is 5.14. The van der Waals surface area contributed by atoms with E-state index in [0.717, 1.165) is 30.6 Å². The number of hydrogen-bond donors (Lipinski definition) is 0. The van der Waals surface area contributed by atoms with Gasteiger partial charge in [0, 0.05) is 6.54 Å². The molecule has 1 fully saturated rings. The molecule has 0 aromatic heterocycles. The number of aryl methyl sites for hydroxylation is 1. The van der Waals surface area contributed by atoms with Crippen molar-refractivity contribution in [3.8, 4) is 11.8 Å². The van der Waals surface area contributed by atoms with E-state index in [-0.39, 0.29) is 11.9 Å². The van der Waals surface area contributed by atoms with Crippen molar-refractivity contribution < 1.29 is 9.53 Å². The lowest BCUT2D eigenvalue weighted by molar-refractivity contribution is -0.134. The molecule has 0 bridgehead atoms. The van der Waals surface area contributed by atoms with Gasteiger partial charge in [0.2, 0.25) is 5.91 Å². The van der Waals surface area contributed by atoms with Crippen molar-refractivity contribution in [2.75, 3.05) is 13.2 Å². The highest BCUT2D eigenvalue weighted by Gasteiger charge is 2.25. The zero-order chi connectivity index (χ0) is 14.4. The average Bonchev–Trinajstić information content (AvgIpc) is 2.47. The SMILES string of the molecule is Cc1cccc(OCCC(=O)N2CCCCC2C#N)c1. The molecule has 1 atom stereocenters. The molecule has 20 heavy (non-hydrogen) atoms. The first-order valence-corrected chi connectivity index (χ1v) is 7.09. The summed E-state index contributed by atoms with van der Waals surface area (Å²) in [6, 6.07) is 9.73. The summed E-state index contributed by atoms with van der Waals surface area (Å²) >= 11 is 0. The number of amides is 1. The molecule has 1 aliphatic rings. The molecule has 1 aromatic rings. The van der Waals surface area contributed by atoms with Crippen molar-refractivity contribution in [2.24, 2.45) is 0 Å². The summed E-state index contributed by atoms with van der Waals surface area (Å²) < 4.78 is 5.59. The summed E-state index contributed by atoms with van der Waals surface area (Å²) in [6.45, 7) is 3.06. The molecule has 4 nitrogen and oxygen atoms in total. The predicted molar refractivity (Wildman–Crippen MR) is 76.3 cm³/mol. The van der Waals surface area contributed by atoms with E-state index >= 15 is 0 Å². The second kappa shape index (κ2) is 6.95. The third-order valence-electron chi connectivity index (χ3n) is 3.55. The van der Waals surface area contributed by atoms with Crippen LogP contribution < -0.4 is 4.74 Å². The highest BCUT2D eigenvalue weighted by Crippen LogP contribution is 2.18. The lowest BCUT2D eigenvalue weighted by atomic mass is 10.0. The molecule has 1 aliphatic heterocycles. The molecule has 1 aromatic carbocycles. The van der Waals surface area contributed by atoms with Gasteiger partial charge in [-0.1, -0.05) is 12.1 Å². The summed E-state index contributed by atoms with van der Waals surface area (Å²) in [4.78, 5) is 13.8. The number of carbonyl (C=O) groups is 1. The Morgan fingerprint density at radius 1 is 1.50 bits per heavy atom. The van der Waals surface area contributed by atoms with Crippen LogP contribution in [0, 0.1) is 18.3 Å². The van der Waals surface area contributed by atoms with E-state index in [1.54, 1.807) is 4.90 Å². The zero-order valence-electron chi connectivity index (χ0n) is 11.8. The van der Waals surface area contributed by atoms with Crippen molar-refractivity contribution in [3.63, 3.8) is 0 Å². The number of ether oxygens (including phenoxy) is 1. The normalized spacial score (nSPS) is 18.4. The molecular formula is C16H20N2O2. The first kappa shape index (κ1) is 14.4. The monoisotopic (exact) mass is 272 g/mol. The molecule has 1 heterocycles. The zero-order valence-corrected chi connectivity index (χ0v) is 11.8. The molecule has 0 aliphatic carbocycles. The standard InChI is InChI=1S/C16H20N2O2/c1-13-5-4-7-15(11-13)20-10-8-16(19)18-9-3-2-6-14(18)12-17/h4-5,7,11,14H,2-3,6,8-10H2,1H3. The molecule has 2 rings (SSSR count). The molecule has 106 valence electrons. The summed E-state index contributed by atoms with van der Waals surface area (Å²) in [7, 11) is 0. The Morgan fingerprint density at radius 2 is 2.35 bits per heavy atom. The van der Waals surface area contributed by atoms with Crippen LogP contribution in [0.1, 0.15) is 31.2 Å². The number of hydrogen-bond acceptors (Lipinski definition) is 3. The Hall–Kier alpha value is -2.02. The maximum Gasteiger partial charge on any atom is 0.227 e. The molecule has 1 amide bonds. The number of carbonyl (C=O) groups excluding carboxylic acids is 1. The molecule has 0 spiro atoms. The molecule has 1 saturated heterocycles. The van der Waals surface area contributed by atoms with Crippen molar-refractivity contribution in [1.82, 2.24) is 4.90 Å². The lowest BCUT2D eigenvalue weighted by Crippen LogP contribution is -2.43. The quantitative estimate of drug-likeness (QED) is 0.846. The fourth-order valence-electron chi connectivity index (χ4n) is 2.47. The van der Waals surface area contributed by atoms with Crippen molar-refractivity contribution in [2.45, 2.75) is 38.6 Å². The van der Waals surface area contributed by atoms with E-state index in [1.807, 2.05) is 31.2 Å². The number of likely N-dealkylation sites (tertiary alicyclic amines) is 1. The average molecular weight is 272 g/mol. The fraction of sp³-hybridized carbons (Fsp3) is 0.500. The van der Waals surface area contributed by atoms with Crippen molar-refractivity contribution in [1.29, 1.82) is 5.26 Å². The highest BCUT2D eigenvalue weighted by molar-refractivity contribution is 5.77. The minimum atomic E-state index is -0.254. The Bertz CT molecular complexity index is 507. The third kappa shape index (κ3) is 3.74. The Kier molecular flexibility index (Phi) is 5.00. The van der Waals surface area contributed by atoms with Crippen LogP contribution in [0.25, 0.3) is 0 Å². The molecular weight excluding hydrogens is 252 g/mol. The van der Waals surface area contributed by atoms with E-state index in [4.69, 9.17) is 10.00 Å². The topological polar surface area (TPSA) is 53.3 Å². The molecule has 1 unspecified atom stereocenters. The Balaban J connectivity index is 1.81. The van der Waals surface area contributed by atoms with Crippen molar-refractivity contribution in [3.05, 3.63) is 29.8 Å². The summed E-state index contributed by atoms with van der Waals surface area (Å²) in [5.41, 5.74) is 1.13. The van der Waals surface area contributed by atoms with Gasteiger partial charge in [0.05, 0.1) is 19.1 Å². The first-order valence-electron chi connectivity index (χ1n) is 7.09. The largest absolute Gasteiger partial charge is 0.493 e. The van der Waals surface area contributed by atoms with E-state index in [2.05, 4.69) is 6.07 Å². The van der Waals surface area contributed by atoms with Crippen LogP contribution in [0.5, 0.6) is 5.75 Å². The highest BCUT2D eigenvalue weighted by atomic mass is 16.5. The van der Waals surface area contributed by atoms with Gasteiger partial charge in [0.25, 0.3) is 0 Å². The smallest absolute Gasteiger partial charge is 0.227 e. The Labute approximate surface area is 120 Å². The van der Waals surface area contributed by atoms with Crippen molar-refractivity contribution >= 4 is 5.91 Å². The number of nitrogens with zero attached hydrogens (tertiary/aromatic N) is 2. The summed E-state index contributed by atoms with van der Waals surface area (Å²) in [6.07, 6.45) is 3.14. The number of rotatable bonds is 4. The molecule has 0 radical (unpaired) electrons. The van der Waals surface area contributed by atoms with Gasteiger partial charge in [-0.05, 0) is 43.9 Å². The maximum atomic E-state index is 12.1. The summed E-state index contributed by atoms with van der Waals surface area (Å²) in [5, 5.41) is 9.07.